The van der Waals surface area contributed by atoms with Gasteiger partial charge in [0.15, 0.2) is 11.6 Å². The molecule has 0 radical (unpaired) electrons. The van der Waals surface area contributed by atoms with Gasteiger partial charge in [-0.2, -0.15) is 0 Å². The van der Waals surface area contributed by atoms with Crippen LogP contribution in [-0.4, -0.2) is 11.8 Å². The van der Waals surface area contributed by atoms with Crippen molar-refractivity contribution < 1.29 is 22.8 Å². The molecule has 0 bridgehead atoms. The van der Waals surface area contributed by atoms with Crippen LogP contribution < -0.4 is 10.6 Å². The molecule has 2 rings (SSSR count). The molecular weight excluding hydrogens is 297 g/mol. The summed E-state index contributed by atoms with van der Waals surface area (Å²) in [6.07, 6.45) is -0.590. The summed E-state index contributed by atoms with van der Waals surface area (Å²) >= 11 is 0. The van der Waals surface area contributed by atoms with Crippen LogP contribution in [-0.2, 0) is 9.59 Å². The topological polar surface area (TPSA) is 58.2 Å². The van der Waals surface area contributed by atoms with Crippen LogP contribution in [0, 0.1) is 17.5 Å². The van der Waals surface area contributed by atoms with Crippen molar-refractivity contribution in [1.29, 1.82) is 0 Å². The van der Waals surface area contributed by atoms with E-state index in [1.165, 1.54) is 18.2 Å². The number of benzene rings is 2. The molecule has 0 aliphatic rings. The Bertz CT molecular complexity index is 720. The van der Waals surface area contributed by atoms with Gasteiger partial charge in [0, 0.05) is 11.8 Å². The molecule has 0 spiro atoms. The molecule has 0 atom stereocenters. The minimum absolute atomic E-state index is 0.0163. The van der Waals surface area contributed by atoms with Crippen molar-refractivity contribution in [3.05, 3.63) is 59.9 Å². The summed E-state index contributed by atoms with van der Waals surface area (Å²) in [5, 5.41) is 4.48. The van der Waals surface area contributed by atoms with Gasteiger partial charge in [-0.25, -0.2) is 13.2 Å². The van der Waals surface area contributed by atoms with Gasteiger partial charge in [0.25, 0.3) is 0 Å². The number of halogens is 3. The third kappa shape index (κ3) is 4.08. The minimum Gasteiger partial charge on any atom is -0.326 e. The largest absolute Gasteiger partial charge is 0.326 e. The van der Waals surface area contributed by atoms with E-state index in [0.29, 0.717) is 0 Å². The van der Waals surface area contributed by atoms with Crippen LogP contribution in [0.2, 0.25) is 0 Å². The average molecular weight is 308 g/mol. The highest BCUT2D eigenvalue weighted by atomic mass is 19.2. The smallest absolute Gasteiger partial charge is 0.233 e. The van der Waals surface area contributed by atoms with Crippen molar-refractivity contribution in [3.8, 4) is 0 Å². The molecule has 4 nitrogen and oxygen atoms in total. The van der Waals surface area contributed by atoms with Gasteiger partial charge in [-0.1, -0.05) is 12.1 Å². The van der Waals surface area contributed by atoms with Crippen LogP contribution in [0.4, 0.5) is 24.5 Å². The van der Waals surface area contributed by atoms with E-state index < -0.39 is 35.7 Å². The Labute approximate surface area is 124 Å². The molecule has 0 fully saturated rings. The van der Waals surface area contributed by atoms with Gasteiger partial charge < -0.3 is 10.6 Å². The fourth-order valence-electron chi connectivity index (χ4n) is 1.68. The molecule has 114 valence electrons. The highest BCUT2D eigenvalue weighted by molar-refractivity contribution is 6.08. The Kier molecular flexibility index (Phi) is 4.77. The zero-order valence-corrected chi connectivity index (χ0v) is 11.2. The van der Waals surface area contributed by atoms with Gasteiger partial charge in [-0.3, -0.25) is 9.59 Å². The number of carbonyl (C=O) groups excluding carboxylic acids is 2. The number of nitrogens with one attached hydrogen (secondary N) is 2. The average Bonchev–Trinajstić information content (AvgIpc) is 2.45. The van der Waals surface area contributed by atoms with E-state index in [4.69, 9.17) is 0 Å². The molecule has 2 N–H and O–H groups in total. The molecule has 0 heterocycles. The Balaban J connectivity index is 1.92. The van der Waals surface area contributed by atoms with Crippen LogP contribution in [0.15, 0.2) is 42.5 Å². The molecule has 2 amide bonds. The highest BCUT2D eigenvalue weighted by Crippen LogP contribution is 2.14. The Morgan fingerprint density at radius 2 is 1.50 bits per heavy atom. The molecule has 22 heavy (non-hydrogen) atoms. The fraction of sp³-hybridized carbons (Fsp3) is 0.0667. The quantitative estimate of drug-likeness (QED) is 0.853. The lowest BCUT2D eigenvalue weighted by Gasteiger charge is -2.07. The standard InChI is InChI=1S/C15H11F3N2O2/c16-10-6-5-9(7-12(10)18)19-14(21)8-15(22)20-13-4-2-1-3-11(13)17/h1-7H,8H2,(H,19,21)(H,20,22). The summed E-state index contributed by atoms with van der Waals surface area (Å²) in [4.78, 5) is 23.2. The van der Waals surface area contributed by atoms with Crippen LogP contribution in [0.1, 0.15) is 6.42 Å². The maximum Gasteiger partial charge on any atom is 0.233 e. The first-order chi connectivity index (χ1) is 10.5. The summed E-state index contributed by atoms with van der Waals surface area (Å²) in [6.45, 7) is 0. The van der Waals surface area contributed by atoms with Crippen LogP contribution >= 0.6 is 0 Å². The van der Waals surface area contributed by atoms with Gasteiger partial charge in [-0.15, -0.1) is 0 Å². The number of hydrogen-bond donors (Lipinski definition) is 2. The Hall–Kier alpha value is -2.83. The highest BCUT2D eigenvalue weighted by Gasteiger charge is 2.12. The van der Waals surface area contributed by atoms with Gasteiger partial charge in [0.1, 0.15) is 12.2 Å². The minimum atomic E-state index is -1.12. The molecule has 0 aliphatic carbocycles. The van der Waals surface area contributed by atoms with E-state index in [9.17, 15) is 22.8 Å². The normalized spacial score (nSPS) is 10.1. The molecule has 2 aromatic rings. The maximum absolute atomic E-state index is 13.3. The van der Waals surface area contributed by atoms with E-state index in [1.807, 2.05) is 0 Å². The monoisotopic (exact) mass is 308 g/mol. The second-order valence-corrected chi connectivity index (χ2v) is 4.38. The van der Waals surface area contributed by atoms with E-state index in [2.05, 4.69) is 10.6 Å². The first-order valence-electron chi connectivity index (χ1n) is 6.25. The van der Waals surface area contributed by atoms with Crippen LogP contribution in [0.5, 0.6) is 0 Å². The Morgan fingerprint density at radius 1 is 0.818 bits per heavy atom. The lowest BCUT2D eigenvalue weighted by atomic mass is 10.2. The van der Waals surface area contributed by atoms with E-state index in [-0.39, 0.29) is 11.4 Å². The molecule has 0 aliphatic heterocycles. The zero-order chi connectivity index (χ0) is 16.1. The number of hydrogen-bond acceptors (Lipinski definition) is 2. The van der Waals surface area contributed by atoms with Crippen molar-refractivity contribution >= 4 is 23.2 Å². The van der Waals surface area contributed by atoms with E-state index in [1.54, 1.807) is 0 Å². The number of anilines is 2. The lowest BCUT2D eigenvalue weighted by Crippen LogP contribution is -2.21. The van der Waals surface area contributed by atoms with Crippen molar-refractivity contribution in [1.82, 2.24) is 0 Å². The second kappa shape index (κ2) is 6.75. The van der Waals surface area contributed by atoms with E-state index >= 15 is 0 Å². The summed E-state index contributed by atoms with van der Waals surface area (Å²) < 4.78 is 39.0. The molecule has 7 heteroatoms. The van der Waals surface area contributed by atoms with Crippen molar-refractivity contribution in [2.24, 2.45) is 0 Å². The molecule has 0 saturated heterocycles. The molecule has 0 aromatic heterocycles. The predicted molar refractivity (Wildman–Crippen MR) is 74.6 cm³/mol. The summed E-state index contributed by atoms with van der Waals surface area (Å²) in [7, 11) is 0. The van der Waals surface area contributed by atoms with Crippen LogP contribution in [0.3, 0.4) is 0 Å². The summed E-state index contributed by atoms with van der Waals surface area (Å²) in [5.41, 5.74) is -0.0317. The number of rotatable bonds is 4. The molecular formula is C15H11F3N2O2. The van der Waals surface area contributed by atoms with Crippen molar-refractivity contribution in [3.63, 3.8) is 0 Å². The van der Waals surface area contributed by atoms with Gasteiger partial charge >= 0.3 is 0 Å². The lowest BCUT2D eigenvalue weighted by molar-refractivity contribution is -0.123. The first kappa shape index (κ1) is 15.6. The molecule has 0 unspecified atom stereocenters. The summed E-state index contributed by atoms with van der Waals surface area (Å²) in [5.74, 6) is -4.26. The Morgan fingerprint density at radius 3 is 2.18 bits per heavy atom. The number of amides is 2. The second-order valence-electron chi connectivity index (χ2n) is 4.38. The molecule has 2 aromatic carbocycles. The first-order valence-corrected chi connectivity index (χ1v) is 6.25. The maximum atomic E-state index is 13.3. The third-order valence-corrected chi connectivity index (χ3v) is 2.67. The van der Waals surface area contributed by atoms with Crippen molar-refractivity contribution in [2.75, 3.05) is 10.6 Å². The third-order valence-electron chi connectivity index (χ3n) is 2.67. The van der Waals surface area contributed by atoms with Gasteiger partial charge in [0.2, 0.25) is 11.8 Å². The SMILES string of the molecule is O=C(CC(=O)Nc1ccccc1F)Nc1ccc(F)c(F)c1. The summed E-state index contributed by atoms with van der Waals surface area (Å²) in [6, 6.07) is 8.30. The predicted octanol–water partition coefficient (Wildman–Crippen LogP) is 3.07. The number of carbonyl (C=O) groups is 2. The fourth-order valence-corrected chi connectivity index (χ4v) is 1.68. The van der Waals surface area contributed by atoms with Gasteiger partial charge in [-0.05, 0) is 24.3 Å². The van der Waals surface area contributed by atoms with Crippen molar-refractivity contribution in [2.45, 2.75) is 6.42 Å². The molecule has 0 saturated carbocycles. The number of para-hydroxylation sites is 1. The zero-order valence-electron chi connectivity index (χ0n) is 11.2. The van der Waals surface area contributed by atoms with Crippen LogP contribution in [0.25, 0.3) is 0 Å². The van der Waals surface area contributed by atoms with E-state index in [0.717, 1.165) is 24.3 Å². The van der Waals surface area contributed by atoms with Gasteiger partial charge in [0.05, 0.1) is 5.69 Å².